The molecule has 0 heterocycles. The second kappa shape index (κ2) is 11.0. The van der Waals surface area contributed by atoms with Gasteiger partial charge in [0, 0.05) is 24.8 Å². The minimum atomic E-state index is -3.68. The van der Waals surface area contributed by atoms with Crippen LogP contribution in [0.4, 0.5) is 10.5 Å². The van der Waals surface area contributed by atoms with E-state index in [9.17, 15) is 13.2 Å². The van der Waals surface area contributed by atoms with Crippen LogP contribution in [0, 0.1) is 5.92 Å². The number of rotatable bonds is 10. The second-order valence-electron chi connectivity index (χ2n) is 7.64. The Hall–Kier alpha value is -2.58. The van der Waals surface area contributed by atoms with E-state index in [0.717, 1.165) is 5.56 Å². The number of alkyl carbamates (subject to hydrolysis) is 1. The van der Waals surface area contributed by atoms with E-state index in [4.69, 9.17) is 10.5 Å². The fourth-order valence-electron chi connectivity index (χ4n) is 3.16. The third-order valence-corrected chi connectivity index (χ3v) is 6.53. The van der Waals surface area contributed by atoms with Crippen molar-refractivity contribution in [2.24, 2.45) is 5.92 Å². The topological polar surface area (TPSA) is 102 Å². The van der Waals surface area contributed by atoms with Crippen LogP contribution in [0.5, 0.6) is 0 Å². The van der Waals surface area contributed by atoms with Gasteiger partial charge in [0.2, 0.25) is 10.0 Å². The van der Waals surface area contributed by atoms with E-state index < -0.39 is 16.1 Å². The number of ether oxygens (including phenoxy) is 1. The summed E-state index contributed by atoms with van der Waals surface area (Å²) < 4.78 is 32.6. The molecule has 2 aromatic carbocycles. The zero-order chi connectivity index (χ0) is 22.1. The summed E-state index contributed by atoms with van der Waals surface area (Å²) in [4.78, 5) is 12.0. The fraction of sp³-hybridized carbons (Fsp3) is 0.409. The van der Waals surface area contributed by atoms with Crippen LogP contribution in [0.2, 0.25) is 0 Å². The molecule has 2 aromatic rings. The van der Waals surface area contributed by atoms with Crippen molar-refractivity contribution in [3.8, 4) is 0 Å². The summed E-state index contributed by atoms with van der Waals surface area (Å²) in [5.41, 5.74) is 7.26. The Kier molecular flexibility index (Phi) is 8.68. The number of nitrogens with two attached hydrogens (primary N) is 1. The van der Waals surface area contributed by atoms with Crippen molar-refractivity contribution in [2.45, 2.75) is 37.6 Å². The molecule has 0 saturated carbocycles. The molecule has 30 heavy (non-hydrogen) atoms. The van der Waals surface area contributed by atoms with E-state index in [-0.39, 0.29) is 23.4 Å². The Morgan fingerprint density at radius 2 is 1.73 bits per heavy atom. The third kappa shape index (κ3) is 7.03. The maximum atomic E-state index is 13.2. The predicted octanol–water partition coefficient (Wildman–Crippen LogP) is 3.27. The van der Waals surface area contributed by atoms with Gasteiger partial charge in [-0.2, -0.15) is 4.31 Å². The molecule has 0 bridgehead atoms. The average Bonchev–Trinajstić information content (AvgIpc) is 2.71. The molecule has 0 aliphatic carbocycles. The van der Waals surface area contributed by atoms with Crippen LogP contribution in [0.1, 0.15) is 25.8 Å². The van der Waals surface area contributed by atoms with Crippen molar-refractivity contribution < 1.29 is 17.9 Å². The first kappa shape index (κ1) is 23.7. The zero-order valence-electron chi connectivity index (χ0n) is 17.7. The first-order valence-electron chi connectivity index (χ1n) is 9.96. The first-order valence-corrected chi connectivity index (χ1v) is 11.4. The number of carbonyl (C=O) groups excluding carboxylic acids is 1. The fourth-order valence-corrected chi connectivity index (χ4v) is 4.77. The number of nitrogens with one attached hydrogen (secondary N) is 1. The molecule has 0 radical (unpaired) electrons. The molecule has 0 fully saturated rings. The first-order chi connectivity index (χ1) is 14.2. The molecule has 3 N–H and O–H groups in total. The van der Waals surface area contributed by atoms with E-state index in [0.29, 0.717) is 25.1 Å². The van der Waals surface area contributed by atoms with Crippen LogP contribution >= 0.6 is 0 Å². The van der Waals surface area contributed by atoms with Crippen molar-refractivity contribution in [2.75, 3.05) is 25.9 Å². The van der Waals surface area contributed by atoms with Crippen LogP contribution < -0.4 is 11.1 Å². The van der Waals surface area contributed by atoms with E-state index in [1.807, 2.05) is 44.2 Å². The summed E-state index contributed by atoms with van der Waals surface area (Å²) in [5, 5.41) is 2.82. The molecule has 0 aromatic heterocycles. The van der Waals surface area contributed by atoms with E-state index in [1.54, 1.807) is 12.1 Å². The van der Waals surface area contributed by atoms with Crippen LogP contribution in [-0.2, 0) is 21.2 Å². The van der Waals surface area contributed by atoms with Crippen LogP contribution in [0.25, 0.3) is 0 Å². The average molecular weight is 434 g/mol. The minimum absolute atomic E-state index is 0.148. The molecule has 0 aliphatic rings. The van der Waals surface area contributed by atoms with Crippen molar-refractivity contribution in [1.82, 2.24) is 9.62 Å². The number of anilines is 1. The van der Waals surface area contributed by atoms with E-state index in [2.05, 4.69) is 5.32 Å². The maximum Gasteiger partial charge on any atom is 0.407 e. The number of carbonyl (C=O) groups is 1. The van der Waals surface area contributed by atoms with Gasteiger partial charge < -0.3 is 15.8 Å². The van der Waals surface area contributed by atoms with Crippen LogP contribution in [-0.4, -0.2) is 45.1 Å². The highest BCUT2D eigenvalue weighted by atomic mass is 32.2. The number of benzene rings is 2. The summed E-state index contributed by atoms with van der Waals surface area (Å²) >= 11 is 0. The Labute approximate surface area is 179 Å². The number of methoxy groups -OCH3 is 1. The number of nitrogens with zero attached hydrogens (tertiary/aromatic N) is 1. The molecular weight excluding hydrogens is 402 g/mol. The van der Waals surface area contributed by atoms with E-state index >= 15 is 0 Å². The van der Waals surface area contributed by atoms with Gasteiger partial charge in [-0.05, 0) is 48.6 Å². The number of nitrogen functional groups attached to an aromatic ring is 1. The summed E-state index contributed by atoms with van der Waals surface area (Å²) in [6.45, 7) is 4.59. The van der Waals surface area contributed by atoms with Gasteiger partial charge in [-0.3, -0.25) is 0 Å². The molecular formula is C22H31N3O4S. The Morgan fingerprint density at radius 1 is 1.10 bits per heavy atom. The van der Waals surface area contributed by atoms with Gasteiger partial charge >= 0.3 is 6.09 Å². The highest BCUT2D eigenvalue weighted by Gasteiger charge is 2.26. The largest absolute Gasteiger partial charge is 0.453 e. The second-order valence-corrected chi connectivity index (χ2v) is 9.58. The Balaban J connectivity index is 2.19. The van der Waals surface area contributed by atoms with Gasteiger partial charge in [-0.1, -0.05) is 44.2 Å². The normalized spacial score (nSPS) is 12.7. The van der Waals surface area contributed by atoms with Crippen molar-refractivity contribution >= 4 is 21.8 Å². The van der Waals surface area contributed by atoms with Gasteiger partial charge in [-0.15, -0.1) is 0 Å². The van der Waals surface area contributed by atoms with Crippen molar-refractivity contribution in [3.63, 3.8) is 0 Å². The quantitative estimate of drug-likeness (QED) is 0.560. The smallest absolute Gasteiger partial charge is 0.407 e. The molecule has 164 valence electrons. The lowest BCUT2D eigenvalue weighted by molar-refractivity contribution is 0.165. The van der Waals surface area contributed by atoms with Gasteiger partial charge in [0.05, 0.1) is 12.0 Å². The van der Waals surface area contributed by atoms with Crippen molar-refractivity contribution in [3.05, 3.63) is 60.2 Å². The number of amides is 1. The van der Waals surface area contributed by atoms with Crippen molar-refractivity contribution in [1.29, 1.82) is 0 Å². The SMILES string of the molecule is COC(=O)N[C@H](CCN(CC(C)C)S(=O)(=O)c1ccc(N)cc1)Cc1ccccc1. The van der Waals surface area contributed by atoms with Gasteiger partial charge in [0.15, 0.2) is 0 Å². The molecule has 1 atom stereocenters. The molecule has 0 unspecified atom stereocenters. The zero-order valence-corrected chi connectivity index (χ0v) is 18.6. The Bertz CT molecular complexity index is 900. The summed E-state index contributed by atoms with van der Waals surface area (Å²) in [7, 11) is -2.37. The molecule has 2 rings (SSSR count). The Morgan fingerprint density at radius 3 is 2.30 bits per heavy atom. The highest BCUT2D eigenvalue weighted by Crippen LogP contribution is 2.20. The van der Waals surface area contributed by atoms with E-state index in [1.165, 1.54) is 23.5 Å². The number of sulfonamides is 1. The third-order valence-electron chi connectivity index (χ3n) is 4.65. The monoisotopic (exact) mass is 433 g/mol. The molecule has 0 spiro atoms. The number of hydrogen-bond donors (Lipinski definition) is 2. The molecule has 1 amide bonds. The minimum Gasteiger partial charge on any atom is -0.453 e. The molecule has 7 nitrogen and oxygen atoms in total. The van der Waals surface area contributed by atoms with Gasteiger partial charge in [0.25, 0.3) is 0 Å². The van der Waals surface area contributed by atoms with Crippen LogP contribution in [0.15, 0.2) is 59.5 Å². The standard InChI is InChI=1S/C22H31N3O4S/c1-17(2)16-25(30(27,28)21-11-9-19(23)10-12-21)14-13-20(24-22(26)29-3)15-18-7-5-4-6-8-18/h4-12,17,20H,13-16,23H2,1-3H3,(H,24,26)/t20-/m1/s1. The maximum absolute atomic E-state index is 13.2. The van der Waals surface area contributed by atoms with Crippen LogP contribution in [0.3, 0.4) is 0 Å². The number of hydrogen-bond acceptors (Lipinski definition) is 5. The van der Waals surface area contributed by atoms with Gasteiger partial charge in [0.1, 0.15) is 0 Å². The molecule has 0 aliphatic heterocycles. The summed E-state index contributed by atoms with van der Waals surface area (Å²) in [6.07, 6.45) is 0.492. The lowest BCUT2D eigenvalue weighted by Crippen LogP contribution is -2.41. The van der Waals surface area contributed by atoms with Gasteiger partial charge in [-0.25, -0.2) is 13.2 Å². The highest BCUT2D eigenvalue weighted by molar-refractivity contribution is 7.89. The lowest BCUT2D eigenvalue weighted by atomic mass is 10.0. The predicted molar refractivity (Wildman–Crippen MR) is 119 cm³/mol. The molecule has 8 heteroatoms. The summed E-state index contributed by atoms with van der Waals surface area (Å²) in [6, 6.07) is 15.7. The lowest BCUT2D eigenvalue weighted by Gasteiger charge is -2.26. The summed E-state index contributed by atoms with van der Waals surface area (Å²) in [5.74, 6) is 0.148. The molecule has 0 saturated heterocycles.